The van der Waals surface area contributed by atoms with Crippen LogP contribution >= 0.6 is 0 Å². The highest BCUT2D eigenvalue weighted by Crippen LogP contribution is 2.58. The third kappa shape index (κ3) is 12.2. The van der Waals surface area contributed by atoms with Crippen molar-refractivity contribution < 1.29 is 0 Å². The van der Waals surface area contributed by atoms with Gasteiger partial charge < -0.3 is 32.3 Å². The standard InChI is InChI=1S/C51H37N3.C45H32N2.C39H28N2/c1-51(2)45-24-14-12-22-39(45)42-29-30-43-40-23-13-15-25-46(40)54(50(43)49(42)51)38-26-28-41-44-32-37(52(34-16-6-3-7-17-34)35-18-8-4-9-19-35)27-31-47(44)53(48(41)33-38)36-20-10-5-11-21-36;1-45(2)39-17-9-6-14-33(39)36-25-26-37-34-15-7-11-19-41(34)47(44(37)43(36)45)32-23-20-29(21-24-32)30-22-27-42-38(28-30)35-16-8-10-18-40(35)46(42)31-12-4-3-5-13-31;1-39(2)33-17-9-6-14-27(33)31-22-23-32-29-16-8-11-19-35(29)41(38(32)37(31)39)26-20-21-30-28-15-7-10-18-34(28)40(36(30)24-26)25-12-4-3-5-13-25/h3-33H,1-2H3;3-28H,1-2H3;3-24H,1-2H3. The first-order chi connectivity index (χ1) is 69.8. The third-order valence-electron chi connectivity index (χ3n) is 31.4. The first kappa shape index (κ1) is 82.5. The molecule has 0 amide bonds. The van der Waals surface area contributed by atoms with Crippen LogP contribution in [0.4, 0.5) is 17.1 Å². The molecule has 0 fully saturated rings. The predicted molar refractivity (Wildman–Crippen MR) is 598 cm³/mol. The first-order valence-corrected chi connectivity index (χ1v) is 49.6. The second-order valence-corrected chi connectivity index (χ2v) is 40.2. The van der Waals surface area contributed by atoms with Crippen molar-refractivity contribution >= 4 is 148 Å². The molecular formula is C135H97N7. The summed E-state index contributed by atoms with van der Waals surface area (Å²) in [7, 11) is 0. The average molecular weight is 1820 g/mol. The van der Waals surface area contributed by atoms with Crippen molar-refractivity contribution in [2.75, 3.05) is 4.90 Å². The van der Waals surface area contributed by atoms with Crippen molar-refractivity contribution in [1.82, 2.24) is 27.4 Å². The Balaban J connectivity index is 0.000000105. The summed E-state index contributed by atoms with van der Waals surface area (Å²) >= 11 is 0. The summed E-state index contributed by atoms with van der Waals surface area (Å²) in [6, 6.07) is 176. The van der Waals surface area contributed by atoms with Crippen LogP contribution in [0.3, 0.4) is 0 Å². The van der Waals surface area contributed by atoms with Crippen LogP contribution in [0.5, 0.6) is 0 Å². The van der Waals surface area contributed by atoms with Gasteiger partial charge in [0.2, 0.25) is 0 Å². The highest BCUT2D eigenvalue weighted by molar-refractivity contribution is 6.19. The van der Waals surface area contributed by atoms with E-state index in [1.807, 2.05) is 0 Å². The number of aromatic nitrogens is 6. The maximum Gasteiger partial charge on any atom is 0.0588 e. The molecule has 142 heavy (non-hydrogen) atoms. The molecule has 0 spiro atoms. The second-order valence-electron chi connectivity index (χ2n) is 40.2. The van der Waals surface area contributed by atoms with Gasteiger partial charge in [0.25, 0.3) is 0 Å². The second kappa shape index (κ2) is 31.6. The zero-order valence-electron chi connectivity index (χ0n) is 79.7. The van der Waals surface area contributed by atoms with Crippen molar-refractivity contribution in [2.45, 2.75) is 57.8 Å². The van der Waals surface area contributed by atoms with Crippen molar-refractivity contribution in [3.63, 3.8) is 0 Å². The third-order valence-corrected chi connectivity index (χ3v) is 31.4. The molecule has 672 valence electrons. The molecule has 0 atom stereocenters. The maximum atomic E-state index is 2.53. The smallest absolute Gasteiger partial charge is 0.0588 e. The number of anilines is 3. The zero-order valence-corrected chi connectivity index (χ0v) is 79.7. The maximum absolute atomic E-state index is 2.53. The molecule has 0 bridgehead atoms. The summed E-state index contributed by atoms with van der Waals surface area (Å²) in [6.45, 7) is 14.3. The average Bonchev–Trinajstić information content (AvgIpc) is 1.54. The van der Waals surface area contributed by atoms with Gasteiger partial charge in [0.15, 0.2) is 0 Å². The summed E-state index contributed by atoms with van der Waals surface area (Å²) in [5, 5.41) is 15.3. The van der Waals surface area contributed by atoms with Crippen molar-refractivity contribution in [2.24, 2.45) is 0 Å². The quantitative estimate of drug-likeness (QED) is 0.134. The number of rotatable bonds is 10. The van der Waals surface area contributed by atoms with Crippen LogP contribution in [-0.4, -0.2) is 27.4 Å². The monoisotopic (exact) mass is 1820 g/mol. The molecule has 7 nitrogen and oxygen atoms in total. The highest BCUT2D eigenvalue weighted by atomic mass is 15.1. The molecule has 0 radical (unpaired) electrons. The van der Waals surface area contributed by atoms with Gasteiger partial charge in [-0.05, 0) is 236 Å². The topological polar surface area (TPSA) is 32.8 Å². The number of hydrogen-bond donors (Lipinski definition) is 0. The van der Waals surface area contributed by atoms with E-state index in [0.717, 1.165) is 28.4 Å². The van der Waals surface area contributed by atoms with Crippen LogP contribution in [0.2, 0.25) is 0 Å². The van der Waals surface area contributed by atoms with Crippen LogP contribution in [0, 0.1) is 0 Å². The van der Waals surface area contributed by atoms with Gasteiger partial charge in [0.05, 0.1) is 66.2 Å². The number of benzene rings is 21. The van der Waals surface area contributed by atoms with Crippen LogP contribution in [0.25, 0.3) is 209 Å². The van der Waals surface area contributed by atoms with E-state index in [0.29, 0.717) is 0 Å². The molecule has 7 heteroatoms. The van der Waals surface area contributed by atoms with Crippen molar-refractivity contribution in [3.8, 4) is 78.6 Å². The molecule has 30 rings (SSSR count). The molecule has 3 aliphatic rings. The number of nitrogens with zero attached hydrogens (tertiary/aromatic N) is 7. The summed E-state index contributed by atoms with van der Waals surface area (Å²) in [4.78, 5) is 2.35. The molecule has 3 aliphatic carbocycles. The molecular weight excluding hydrogens is 1720 g/mol. The summed E-state index contributed by atoms with van der Waals surface area (Å²) in [5.74, 6) is 0. The Kier molecular flexibility index (Phi) is 18.4. The summed E-state index contributed by atoms with van der Waals surface area (Å²) in [6.07, 6.45) is 0. The zero-order chi connectivity index (χ0) is 94.5. The fraction of sp³-hybridized carbons (Fsp3) is 0.0667. The SMILES string of the molecule is CC1(C)c2ccccc2-c2ccc3c4ccccc4n(-c4ccc(-c5ccc6c(c5)c5ccccc5n6-c5ccccc5)cc4)c3c21.CC1(C)c2ccccc2-c2ccc3c4ccccc4n(-c4ccc5c6cc(N(c7ccccc7)c7ccccc7)ccc6n(-c6ccccc6)c5c4)c3c21.CC1(C)c2ccccc2-c2ccc3c4ccccc4n(-c4ccc5c6ccccc6n(-c6ccccc6)c5c4)c3c21. The summed E-state index contributed by atoms with van der Waals surface area (Å²) in [5.41, 5.74) is 43.8. The molecule has 6 aromatic heterocycles. The van der Waals surface area contributed by atoms with Crippen LogP contribution in [0.15, 0.2) is 479 Å². The minimum atomic E-state index is -0.152. The Hall–Kier alpha value is -17.8. The molecule has 0 saturated carbocycles. The van der Waals surface area contributed by atoms with Crippen molar-refractivity contribution in [3.05, 3.63) is 513 Å². The van der Waals surface area contributed by atoms with E-state index >= 15 is 0 Å². The van der Waals surface area contributed by atoms with Gasteiger partial charge in [-0.15, -0.1) is 0 Å². The molecule has 0 unspecified atom stereocenters. The highest BCUT2D eigenvalue weighted by Gasteiger charge is 2.42. The number of fused-ring (bicyclic) bond motifs is 30. The van der Waals surface area contributed by atoms with Crippen LogP contribution in [0.1, 0.15) is 74.9 Å². The van der Waals surface area contributed by atoms with E-state index in [2.05, 4.69) is 553 Å². The molecule has 27 aromatic rings. The normalized spacial score (nSPS) is 13.5. The van der Waals surface area contributed by atoms with Crippen molar-refractivity contribution in [1.29, 1.82) is 0 Å². The number of para-hydroxylation sites is 10. The largest absolute Gasteiger partial charge is 0.310 e. The molecule has 0 aliphatic heterocycles. The minimum absolute atomic E-state index is 0.105. The van der Waals surface area contributed by atoms with Gasteiger partial charge in [-0.25, -0.2) is 0 Å². The van der Waals surface area contributed by atoms with E-state index < -0.39 is 0 Å². The van der Waals surface area contributed by atoms with E-state index in [1.165, 1.54) is 231 Å². The lowest BCUT2D eigenvalue weighted by Crippen LogP contribution is -2.16. The minimum Gasteiger partial charge on any atom is -0.310 e. The van der Waals surface area contributed by atoms with Gasteiger partial charge in [0.1, 0.15) is 0 Å². The van der Waals surface area contributed by atoms with Crippen LogP contribution in [-0.2, 0) is 16.2 Å². The van der Waals surface area contributed by atoms with E-state index in [4.69, 9.17) is 0 Å². The predicted octanol–water partition coefficient (Wildman–Crippen LogP) is 35.7. The van der Waals surface area contributed by atoms with E-state index in [-0.39, 0.29) is 16.2 Å². The fourth-order valence-electron chi connectivity index (χ4n) is 25.2. The molecule has 0 saturated heterocycles. The van der Waals surface area contributed by atoms with E-state index in [9.17, 15) is 0 Å². The first-order valence-electron chi connectivity index (χ1n) is 49.6. The van der Waals surface area contributed by atoms with E-state index in [1.54, 1.807) is 0 Å². The lowest BCUT2D eigenvalue weighted by molar-refractivity contribution is 0.663. The molecule has 6 heterocycles. The molecule has 0 N–H and O–H groups in total. The van der Waals surface area contributed by atoms with Crippen LogP contribution < -0.4 is 4.90 Å². The van der Waals surface area contributed by atoms with Gasteiger partial charge in [0, 0.05) is 132 Å². The lowest BCUT2D eigenvalue weighted by Gasteiger charge is -2.25. The fourth-order valence-corrected chi connectivity index (χ4v) is 25.2. The van der Waals surface area contributed by atoms with Gasteiger partial charge >= 0.3 is 0 Å². The Bertz CT molecular complexity index is 9820. The van der Waals surface area contributed by atoms with Gasteiger partial charge in [-0.1, -0.05) is 363 Å². The Morgan fingerprint density at radius 3 is 0.810 bits per heavy atom. The Labute approximate surface area is 823 Å². The van der Waals surface area contributed by atoms with Gasteiger partial charge in [-0.3, -0.25) is 0 Å². The Morgan fingerprint density at radius 1 is 0.155 bits per heavy atom. The molecule has 21 aromatic carbocycles. The summed E-state index contributed by atoms with van der Waals surface area (Å²) < 4.78 is 14.8. The lowest BCUT2D eigenvalue weighted by atomic mass is 9.81. The van der Waals surface area contributed by atoms with Gasteiger partial charge in [-0.2, -0.15) is 0 Å². The number of hydrogen-bond acceptors (Lipinski definition) is 1. The Morgan fingerprint density at radius 2 is 0.415 bits per heavy atom.